The van der Waals surface area contributed by atoms with Crippen molar-refractivity contribution < 1.29 is 33.3 Å². The Kier molecular flexibility index (Phi) is 8.02. The van der Waals surface area contributed by atoms with Gasteiger partial charge in [-0.1, -0.05) is 12.1 Å². The van der Waals surface area contributed by atoms with E-state index in [1.54, 1.807) is 26.8 Å². The molecule has 1 fully saturated rings. The fraction of sp³-hybridized carbons (Fsp3) is 0.433. The van der Waals surface area contributed by atoms with Crippen molar-refractivity contribution in [2.75, 3.05) is 13.2 Å². The van der Waals surface area contributed by atoms with E-state index in [4.69, 9.17) is 18.9 Å². The van der Waals surface area contributed by atoms with Gasteiger partial charge in [0.25, 0.3) is 11.1 Å². The Bertz CT molecular complexity index is 1350. The molecule has 2 aromatic carbocycles. The number of hydrogen-bond acceptors (Lipinski definition) is 8. The first-order valence-corrected chi connectivity index (χ1v) is 13.8. The average Bonchev–Trinajstić information content (AvgIpc) is 3.21. The maximum Gasteiger partial charge on any atom is 0.349 e. The summed E-state index contributed by atoms with van der Waals surface area (Å²) in [6.45, 7) is 13.9. The van der Waals surface area contributed by atoms with E-state index in [2.05, 4.69) is 5.32 Å². The molecule has 2 heterocycles. The molecule has 4 rings (SSSR count). The lowest BCUT2D eigenvalue weighted by atomic mass is 9.87. The normalized spacial score (nSPS) is 19.8. The highest BCUT2D eigenvalue weighted by Crippen LogP contribution is 2.44. The van der Waals surface area contributed by atoms with Crippen LogP contribution >= 0.6 is 11.8 Å². The third-order valence-electron chi connectivity index (χ3n) is 7.05. The minimum atomic E-state index is -1.12. The van der Waals surface area contributed by atoms with Crippen molar-refractivity contribution >= 4 is 35.0 Å². The molecule has 208 valence electrons. The first kappa shape index (κ1) is 28.5. The number of fused-ring (bicyclic) bond motifs is 1. The Hall–Kier alpha value is -3.46. The molecule has 2 amide bonds. The number of nitrogens with one attached hydrogen (secondary N) is 1. The van der Waals surface area contributed by atoms with E-state index in [0.717, 1.165) is 58.2 Å². The number of ether oxygens (including phenoxy) is 4. The zero-order valence-corrected chi connectivity index (χ0v) is 24.3. The zero-order chi connectivity index (χ0) is 28.5. The van der Waals surface area contributed by atoms with Crippen LogP contribution in [-0.2, 0) is 20.7 Å². The van der Waals surface area contributed by atoms with Gasteiger partial charge in [-0.2, -0.15) is 0 Å². The van der Waals surface area contributed by atoms with Crippen LogP contribution in [0.2, 0.25) is 0 Å². The summed E-state index contributed by atoms with van der Waals surface area (Å²) >= 11 is 0.890. The number of imide groups is 1. The van der Waals surface area contributed by atoms with E-state index >= 15 is 0 Å². The maximum atomic E-state index is 12.4. The lowest BCUT2D eigenvalue weighted by Crippen LogP contribution is -2.43. The molecule has 2 aromatic rings. The van der Waals surface area contributed by atoms with Crippen molar-refractivity contribution in [2.45, 2.75) is 72.5 Å². The predicted molar refractivity (Wildman–Crippen MR) is 150 cm³/mol. The molecule has 1 N–H and O–H groups in total. The Morgan fingerprint density at radius 2 is 1.82 bits per heavy atom. The molecular formula is C30H35NO7S. The number of amides is 2. The quantitative estimate of drug-likeness (QED) is 0.323. The summed E-state index contributed by atoms with van der Waals surface area (Å²) in [5, 5.41) is 1.89. The summed E-state index contributed by atoms with van der Waals surface area (Å²) in [7, 11) is 0. The number of thioether (sulfide) groups is 1. The van der Waals surface area contributed by atoms with Crippen molar-refractivity contribution in [3.05, 3.63) is 57.0 Å². The summed E-state index contributed by atoms with van der Waals surface area (Å²) in [4.78, 5) is 35.9. The van der Waals surface area contributed by atoms with Gasteiger partial charge in [0.1, 0.15) is 29.5 Å². The van der Waals surface area contributed by atoms with Crippen LogP contribution in [0.15, 0.2) is 29.2 Å². The van der Waals surface area contributed by atoms with Crippen molar-refractivity contribution in [2.24, 2.45) is 0 Å². The molecule has 0 radical (unpaired) electrons. The summed E-state index contributed by atoms with van der Waals surface area (Å²) < 4.78 is 24.1. The second-order valence-corrected chi connectivity index (χ2v) is 11.6. The monoisotopic (exact) mass is 553 g/mol. The molecule has 9 heteroatoms. The summed E-state index contributed by atoms with van der Waals surface area (Å²) in [6, 6.07) is 7.35. The highest BCUT2D eigenvalue weighted by Gasteiger charge is 2.38. The minimum absolute atomic E-state index is 0.295. The van der Waals surface area contributed by atoms with Crippen LogP contribution < -0.4 is 19.5 Å². The first-order valence-electron chi connectivity index (χ1n) is 13.0. The van der Waals surface area contributed by atoms with Crippen LogP contribution in [0.1, 0.15) is 61.9 Å². The fourth-order valence-corrected chi connectivity index (χ4v) is 5.29. The summed E-state index contributed by atoms with van der Waals surface area (Å²) in [6.07, 6.45) is 3.20. The van der Waals surface area contributed by atoms with E-state index in [0.29, 0.717) is 29.6 Å². The van der Waals surface area contributed by atoms with Crippen LogP contribution in [0, 0.1) is 20.8 Å². The van der Waals surface area contributed by atoms with Gasteiger partial charge in [0.15, 0.2) is 5.60 Å². The highest BCUT2D eigenvalue weighted by molar-refractivity contribution is 8.18. The van der Waals surface area contributed by atoms with Crippen LogP contribution in [0.5, 0.6) is 17.2 Å². The molecule has 8 nitrogen and oxygen atoms in total. The van der Waals surface area contributed by atoms with Crippen LogP contribution in [-0.4, -0.2) is 41.5 Å². The Morgan fingerprint density at radius 1 is 1.13 bits per heavy atom. The van der Waals surface area contributed by atoms with Crippen molar-refractivity contribution in [3.8, 4) is 17.2 Å². The molecule has 0 aliphatic carbocycles. The van der Waals surface area contributed by atoms with Gasteiger partial charge >= 0.3 is 5.97 Å². The number of esters is 1. The number of benzene rings is 2. The zero-order valence-electron chi connectivity index (χ0n) is 23.5. The maximum absolute atomic E-state index is 12.4. The number of carbonyl (C=O) groups excluding carboxylic acids is 3. The van der Waals surface area contributed by atoms with E-state index in [1.807, 2.05) is 52.0 Å². The summed E-state index contributed by atoms with van der Waals surface area (Å²) in [5.74, 6) is 1.44. The second kappa shape index (κ2) is 11.0. The van der Waals surface area contributed by atoms with Crippen LogP contribution in [0.4, 0.5) is 4.79 Å². The molecule has 2 aliphatic heterocycles. The van der Waals surface area contributed by atoms with Crippen molar-refractivity contribution in [1.29, 1.82) is 0 Å². The molecule has 1 atom stereocenters. The van der Waals surface area contributed by atoms with Gasteiger partial charge in [-0.3, -0.25) is 14.9 Å². The molecule has 0 saturated carbocycles. The second-order valence-electron chi connectivity index (χ2n) is 10.6. The van der Waals surface area contributed by atoms with Gasteiger partial charge in [-0.25, -0.2) is 4.79 Å². The van der Waals surface area contributed by atoms with E-state index in [9.17, 15) is 14.4 Å². The van der Waals surface area contributed by atoms with Gasteiger partial charge in [-0.15, -0.1) is 0 Å². The molecule has 0 bridgehead atoms. The van der Waals surface area contributed by atoms with E-state index in [1.165, 1.54) is 0 Å². The smallest absolute Gasteiger partial charge is 0.349 e. The number of rotatable bonds is 8. The number of hydrogen-bond donors (Lipinski definition) is 1. The third kappa shape index (κ3) is 6.08. The lowest BCUT2D eigenvalue weighted by Gasteiger charge is -2.38. The highest BCUT2D eigenvalue weighted by atomic mass is 32.2. The third-order valence-corrected chi connectivity index (χ3v) is 7.86. The van der Waals surface area contributed by atoms with Gasteiger partial charge in [0.05, 0.1) is 11.5 Å². The van der Waals surface area contributed by atoms with Crippen LogP contribution in [0.3, 0.4) is 0 Å². The van der Waals surface area contributed by atoms with Gasteiger partial charge in [-0.05, 0) is 114 Å². The van der Waals surface area contributed by atoms with Crippen molar-refractivity contribution in [1.82, 2.24) is 5.32 Å². The van der Waals surface area contributed by atoms with E-state index in [-0.39, 0.29) is 11.1 Å². The molecule has 0 spiro atoms. The van der Waals surface area contributed by atoms with Gasteiger partial charge in [0.2, 0.25) is 0 Å². The molecule has 1 unspecified atom stereocenters. The minimum Gasteiger partial charge on any atom is -0.489 e. The average molecular weight is 554 g/mol. The Balaban J connectivity index is 1.47. The van der Waals surface area contributed by atoms with E-state index < -0.39 is 17.2 Å². The van der Waals surface area contributed by atoms with Crippen LogP contribution in [0.25, 0.3) is 6.08 Å². The fourth-order valence-electron chi connectivity index (χ4n) is 4.61. The number of carbonyl (C=O) groups is 3. The first-order chi connectivity index (χ1) is 18.3. The predicted octanol–water partition coefficient (Wildman–Crippen LogP) is 5.82. The van der Waals surface area contributed by atoms with Gasteiger partial charge in [0, 0.05) is 5.56 Å². The topological polar surface area (TPSA) is 100 Å². The summed E-state index contributed by atoms with van der Waals surface area (Å²) in [5.41, 5.74) is 3.09. The van der Waals surface area contributed by atoms with Gasteiger partial charge < -0.3 is 18.9 Å². The van der Waals surface area contributed by atoms with Crippen molar-refractivity contribution in [3.63, 3.8) is 0 Å². The standard InChI is InChI=1S/C30H35NO7S/c1-8-35-27(33)29(5,6)37-24-17(2)18(3)25-22(19(24)4)13-14-30(7,38-25)16-36-21-11-9-20(10-12-21)15-23-26(32)31-28(34)39-23/h9-12,15H,8,13-14,16H2,1-7H3,(H,31,32,34). The Labute approximate surface area is 233 Å². The molecule has 2 aliphatic rings. The molecule has 1 saturated heterocycles. The Morgan fingerprint density at radius 3 is 2.44 bits per heavy atom. The molecule has 39 heavy (non-hydrogen) atoms. The SMILES string of the molecule is CCOC(=O)C(C)(C)Oc1c(C)c(C)c2c(c1C)CCC(C)(COc1ccc(C=C3SC(=O)NC3=O)cc1)O2. The molecule has 0 aromatic heterocycles. The lowest BCUT2D eigenvalue weighted by molar-refractivity contribution is -0.158. The largest absolute Gasteiger partial charge is 0.489 e. The molecular weight excluding hydrogens is 518 g/mol.